The fourth-order valence-corrected chi connectivity index (χ4v) is 12.9. The van der Waals surface area contributed by atoms with E-state index in [1.165, 1.54) is 26.1 Å². The average Bonchev–Trinajstić information content (AvgIpc) is 4.14. The van der Waals surface area contributed by atoms with Gasteiger partial charge in [0, 0.05) is 99.7 Å². The van der Waals surface area contributed by atoms with Gasteiger partial charge in [0.05, 0.1) is 57.6 Å². The third-order valence-corrected chi connectivity index (χ3v) is 17.1. The van der Waals surface area contributed by atoms with Gasteiger partial charge in [0.15, 0.2) is 0 Å². The largest absolute Gasteiger partial charge is 0.464 e. The van der Waals surface area contributed by atoms with Crippen molar-refractivity contribution in [2.45, 2.75) is 123 Å². The molecule has 4 amide bonds. The van der Waals surface area contributed by atoms with Gasteiger partial charge in [0.1, 0.15) is 23.9 Å². The minimum Gasteiger partial charge on any atom is -0.464 e. The number of cyclic esters (lactones) is 1. The number of hydrazine groups is 1. The van der Waals surface area contributed by atoms with Crippen LogP contribution in [0.1, 0.15) is 96.0 Å². The number of nitrogens with one attached hydrogen (secondary N) is 2. The van der Waals surface area contributed by atoms with Crippen molar-refractivity contribution in [2.75, 3.05) is 78.0 Å². The van der Waals surface area contributed by atoms with E-state index in [1.54, 1.807) is 18.6 Å². The lowest BCUT2D eigenvalue weighted by Crippen LogP contribution is -2.63. The quantitative estimate of drug-likeness (QED) is 0.131. The van der Waals surface area contributed by atoms with Gasteiger partial charge in [0.25, 0.3) is 17.4 Å². The van der Waals surface area contributed by atoms with Crippen molar-refractivity contribution >= 4 is 69.1 Å². The molecule has 8 heterocycles. The lowest BCUT2D eigenvalue weighted by atomic mass is 9.77. The number of piperazine rings is 1. The van der Waals surface area contributed by atoms with Crippen LogP contribution in [0.3, 0.4) is 0 Å². The second-order valence-electron chi connectivity index (χ2n) is 22.3. The molecule has 1 spiro atoms. The average molecular weight is 1080 g/mol. The van der Waals surface area contributed by atoms with E-state index in [2.05, 4.69) is 38.2 Å². The van der Waals surface area contributed by atoms with E-state index in [4.69, 9.17) is 31.0 Å². The number of rotatable bonds is 10. The molecular formula is C54H71ClF2N10O7S. The number of carbonyl (C=O) groups excluding carboxylic acids is 5. The Hall–Kier alpha value is -5.28. The predicted molar refractivity (Wildman–Crippen MR) is 283 cm³/mol. The van der Waals surface area contributed by atoms with Crippen LogP contribution in [0, 0.1) is 22.6 Å². The standard InChI is InChI=1S/C54H71ClF2N10O7S/c1-9-65-42-24-38(56)35-23-34(42)37(46(65)36-22-33(27-58-44(36)32(4)73-8)63-20-18-62(7)19-21-63)26-53(5,6)30-74-51(71)39-12-10-16-67(61-39)49(69)40(25-43-59-41(35)28-75-43)60-48(68)45(31(2)3)66-15-11-13-54(52(66)72)14-17-64(29-54)50(70)47(55)57/h22-24,27-28,31-32,39-40,45,47,61H,9-21,25-26,29-30H2,1-8H3,(H,60,68)/t32-,39-,40-,45-,47+,54+/m0/s1. The lowest BCUT2D eigenvalue weighted by molar-refractivity contribution is -0.156. The van der Waals surface area contributed by atoms with Gasteiger partial charge in [-0.15, -0.1) is 11.3 Å². The van der Waals surface area contributed by atoms with Gasteiger partial charge in [-0.2, -0.15) is 0 Å². The Morgan fingerprint density at radius 3 is 2.49 bits per heavy atom. The summed E-state index contributed by atoms with van der Waals surface area (Å²) in [6.45, 7) is 16.4. The van der Waals surface area contributed by atoms with Crippen LogP contribution in [0.25, 0.3) is 33.4 Å². The first-order valence-electron chi connectivity index (χ1n) is 26.4. The van der Waals surface area contributed by atoms with Gasteiger partial charge >= 0.3 is 5.97 Å². The maximum atomic E-state index is 17.0. The summed E-state index contributed by atoms with van der Waals surface area (Å²) in [6.07, 6.45) is 4.07. The number of benzene rings is 1. The van der Waals surface area contributed by atoms with E-state index < -0.39 is 70.0 Å². The number of methoxy groups -OCH3 is 1. The molecule has 4 saturated heterocycles. The SMILES string of the molecule is CCn1c(-c2cc(N3CCN(C)CC3)cnc2[C@H](C)OC)c2c3cc(c(F)cc31)-c1csc(n1)C[C@H](NC(=O)[C@H](C(C)C)N1CCC[C@]3(CCN(C(=O)[C@@H](F)Cl)C3)C1=O)C(=O)N1CCC[C@H](N1)C(=O)OCC(C)(C)C2. The normalized spacial score (nSPS) is 24.2. The van der Waals surface area contributed by atoms with Gasteiger partial charge in [-0.25, -0.2) is 19.2 Å². The minimum absolute atomic E-state index is 0.00643. The lowest BCUT2D eigenvalue weighted by Gasteiger charge is -2.44. The van der Waals surface area contributed by atoms with Crippen LogP contribution in [0.2, 0.25) is 0 Å². The Morgan fingerprint density at radius 1 is 1.03 bits per heavy atom. The maximum absolute atomic E-state index is 17.0. The first-order valence-corrected chi connectivity index (χ1v) is 27.7. The first-order chi connectivity index (χ1) is 35.7. The van der Waals surface area contributed by atoms with Crippen LogP contribution in [0.4, 0.5) is 14.5 Å². The number of carbonyl (C=O) groups is 5. The summed E-state index contributed by atoms with van der Waals surface area (Å²) in [4.78, 5) is 88.3. The monoisotopic (exact) mass is 1080 g/mol. The Kier molecular flexibility index (Phi) is 16.0. The number of likely N-dealkylation sites (N-methyl/N-ethyl adjacent to an activating group) is 1. The minimum atomic E-state index is -2.23. The number of alkyl halides is 2. The molecule has 0 aliphatic carbocycles. The van der Waals surface area contributed by atoms with Gasteiger partial charge in [-0.3, -0.25) is 34.0 Å². The van der Waals surface area contributed by atoms with Crippen molar-refractivity contribution in [2.24, 2.45) is 16.7 Å². The highest BCUT2D eigenvalue weighted by molar-refractivity contribution is 7.10. The fourth-order valence-electron chi connectivity index (χ4n) is 11.9. The maximum Gasteiger partial charge on any atom is 0.324 e. The molecule has 5 aliphatic rings. The van der Waals surface area contributed by atoms with Gasteiger partial charge in [-0.1, -0.05) is 39.3 Å². The first kappa shape index (κ1) is 54.5. The molecule has 6 bridgehead atoms. The van der Waals surface area contributed by atoms with Crippen molar-refractivity contribution in [1.82, 2.24) is 45.0 Å². The molecule has 21 heteroatoms. The predicted octanol–water partition coefficient (Wildman–Crippen LogP) is 6.49. The van der Waals surface area contributed by atoms with E-state index in [1.807, 2.05) is 53.8 Å². The summed E-state index contributed by atoms with van der Waals surface area (Å²) in [5.74, 6) is -3.70. The molecule has 75 heavy (non-hydrogen) atoms. The Labute approximate surface area is 446 Å². The number of esters is 1. The molecule has 1 aromatic carbocycles. The molecule has 17 nitrogen and oxygen atoms in total. The number of piperidine rings is 1. The Morgan fingerprint density at radius 2 is 1.79 bits per heavy atom. The number of aromatic nitrogens is 3. The summed E-state index contributed by atoms with van der Waals surface area (Å²) in [7, 11) is 3.78. The summed E-state index contributed by atoms with van der Waals surface area (Å²) >= 11 is 6.76. The van der Waals surface area contributed by atoms with Gasteiger partial charge < -0.3 is 39.0 Å². The van der Waals surface area contributed by atoms with Crippen LogP contribution < -0.4 is 15.6 Å². The molecule has 0 unspecified atom stereocenters. The number of amides is 4. The molecule has 3 aromatic heterocycles. The number of hydrogen-bond acceptors (Lipinski definition) is 13. The number of nitrogens with zero attached hydrogens (tertiary/aromatic N) is 8. The molecule has 6 atom stereocenters. The molecule has 0 saturated carbocycles. The van der Waals surface area contributed by atoms with Crippen LogP contribution in [-0.2, 0) is 52.8 Å². The third-order valence-electron chi connectivity index (χ3n) is 16.0. The molecule has 2 N–H and O–H groups in total. The topological polar surface area (TPSA) is 175 Å². The smallest absolute Gasteiger partial charge is 0.324 e. The van der Waals surface area contributed by atoms with Crippen LogP contribution in [0.5, 0.6) is 0 Å². The molecule has 5 aliphatic heterocycles. The molecule has 9 rings (SSSR count). The van der Waals surface area contributed by atoms with Crippen LogP contribution in [-0.4, -0.2) is 161 Å². The fraction of sp³-hybridized carbons (Fsp3) is 0.611. The highest BCUT2D eigenvalue weighted by Gasteiger charge is 2.52. The molecular weight excluding hydrogens is 1010 g/mol. The van der Waals surface area contributed by atoms with Crippen molar-refractivity contribution in [3.63, 3.8) is 0 Å². The highest BCUT2D eigenvalue weighted by atomic mass is 35.5. The zero-order valence-electron chi connectivity index (χ0n) is 44.3. The Bertz CT molecular complexity index is 2830. The summed E-state index contributed by atoms with van der Waals surface area (Å²) < 4.78 is 45.2. The second-order valence-corrected chi connectivity index (χ2v) is 23.6. The summed E-state index contributed by atoms with van der Waals surface area (Å²) in [6, 6.07) is 2.49. The number of aryl methyl sites for hydroxylation is 1. The Balaban J connectivity index is 1.11. The summed E-state index contributed by atoms with van der Waals surface area (Å²) in [5, 5.41) is 7.37. The van der Waals surface area contributed by atoms with E-state index in [0.29, 0.717) is 61.3 Å². The van der Waals surface area contributed by atoms with Crippen molar-refractivity contribution in [3.8, 4) is 22.5 Å². The zero-order valence-corrected chi connectivity index (χ0v) is 45.9. The van der Waals surface area contributed by atoms with Crippen LogP contribution in [0.15, 0.2) is 29.8 Å². The number of pyridine rings is 1. The van der Waals surface area contributed by atoms with E-state index >= 15 is 4.39 Å². The second kappa shape index (κ2) is 22.0. The van der Waals surface area contributed by atoms with E-state index in [9.17, 15) is 28.4 Å². The number of likely N-dealkylation sites (tertiary alicyclic amines) is 2. The van der Waals surface area contributed by atoms with E-state index in [0.717, 1.165) is 59.8 Å². The number of ether oxygens (including phenoxy) is 2. The number of hydrogen-bond donors (Lipinski definition) is 2. The number of fused-ring (bicyclic) bond motifs is 6. The number of thiazole rings is 1. The van der Waals surface area contributed by atoms with Crippen molar-refractivity contribution < 1.29 is 42.2 Å². The number of halogens is 3. The zero-order chi connectivity index (χ0) is 53.7. The van der Waals surface area contributed by atoms with Crippen molar-refractivity contribution in [1.29, 1.82) is 0 Å². The van der Waals surface area contributed by atoms with Crippen LogP contribution >= 0.6 is 22.9 Å². The third kappa shape index (κ3) is 10.9. The molecule has 4 aromatic rings. The highest BCUT2D eigenvalue weighted by Crippen LogP contribution is 2.45. The van der Waals surface area contributed by atoms with Gasteiger partial charge in [-0.05, 0) is 89.1 Å². The molecule has 0 radical (unpaired) electrons. The summed E-state index contributed by atoms with van der Waals surface area (Å²) in [5.41, 5.74) is 4.95. The molecule has 4 fully saturated rings. The van der Waals surface area contributed by atoms with E-state index in [-0.39, 0.29) is 56.8 Å². The number of anilines is 1. The molecule has 406 valence electrons. The van der Waals surface area contributed by atoms with Gasteiger partial charge in [0.2, 0.25) is 11.8 Å². The van der Waals surface area contributed by atoms with Crippen molar-refractivity contribution in [3.05, 3.63) is 51.9 Å².